The van der Waals surface area contributed by atoms with Crippen LogP contribution in [-0.2, 0) is 49.3 Å². The molecule has 2 heterocycles. The zero-order valence-electron chi connectivity index (χ0n) is 25.3. The van der Waals surface area contributed by atoms with Gasteiger partial charge >= 0.3 is 23.9 Å². The summed E-state index contributed by atoms with van der Waals surface area (Å²) in [5, 5.41) is 11.1. The summed E-state index contributed by atoms with van der Waals surface area (Å²) in [5.41, 5.74) is 4.54. The minimum absolute atomic E-state index is 0.0452. The second-order valence-electron chi connectivity index (χ2n) is 10.8. The van der Waals surface area contributed by atoms with Crippen molar-refractivity contribution in [3.8, 4) is 28.5 Å². The summed E-state index contributed by atoms with van der Waals surface area (Å²) in [6.45, 7) is 4.25. The highest BCUT2D eigenvalue weighted by Gasteiger charge is 2.53. The van der Waals surface area contributed by atoms with Crippen LogP contribution in [0.2, 0.25) is 5.02 Å². The van der Waals surface area contributed by atoms with Gasteiger partial charge in [0, 0.05) is 50.3 Å². The summed E-state index contributed by atoms with van der Waals surface area (Å²) in [4.78, 5) is 49.1. The number of aromatic nitrogens is 1. The number of fused-ring (bicyclic) bond motifs is 3. The van der Waals surface area contributed by atoms with Gasteiger partial charge in [-0.1, -0.05) is 60.2 Å². The Labute approximate surface area is 274 Å². The lowest BCUT2D eigenvalue weighted by molar-refractivity contribution is -0.268. The third-order valence-corrected chi connectivity index (χ3v) is 8.27. The van der Waals surface area contributed by atoms with Gasteiger partial charge in [0.15, 0.2) is 24.5 Å². The third-order valence-electron chi connectivity index (χ3n) is 7.62. The maximum atomic E-state index is 12.6. The highest BCUT2D eigenvalue weighted by molar-refractivity contribution is 7.71. The molecule has 5 rings (SSSR count). The number of ether oxygens (including phenoxy) is 5. The topological polar surface area (TPSA) is 143 Å². The minimum atomic E-state index is -1.42. The van der Waals surface area contributed by atoms with E-state index in [0.717, 1.165) is 37.5 Å². The van der Waals surface area contributed by atoms with E-state index in [9.17, 15) is 24.4 Å². The van der Waals surface area contributed by atoms with Crippen molar-refractivity contribution < 1.29 is 42.9 Å². The average molecular weight is 665 g/mol. The molecule has 0 N–H and O–H groups in total. The molecule has 238 valence electrons. The van der Waals surface area contributed by atoms with Crippen molar-refractivity contribution in [1.29, 1.82) is 5.26 Å². The number of esters is 4. The second kappa shape index (κ2) is 13.4. The fraction of sp³-hybridized carbons (Fsp3) is 0.333. The Hall–Kier alpha value is -4.57. The van der Waals surface area contributed by atoms with Crippen molar-refractivity contribution in [1.82, 2.24) is 4.57 Å². The van der Waals surface area contributed by atoms with Crippen LogP contribution in [0, 0.1) is 16.0 Å². The number of carbonyl (C=O) groups excluding carboxylic acids is 4. The lowest BCUT2D eigenvalue weighted by atomic mass is 9.93. The largest absolute Gasteiger partial charge is 0.463 e. The Balaban J connectivity index is 1.82. The second-order valence-corrected chi connectivity index (χ2v) is 11.6. The van der Waals surface area contributed by atoms with Gasteiger partial charge in [-0.2, -0.15) is 5.26 Å². The molecule has 0 amide bonds. The molecule has 3 aromatic rings. The molecule has 11 nitrogen and oxygen atoms in total. The number of pyridine rings is 1. The summed E-state index contributed by atoms with van der Waals surface area (Å²) in [5.74, 6) is -2.90. The number of halogens is 1. The molecule has 46 heavy (non-hydrogen) atoms. The van der Waals surface area contributed by atoms with E-state index in [-0.39, 0.29) is 10.2 Å². The maximum absolute atomic E-state index is 12.6. The van der Waals surface area contributed by atoms with Gasteiger partial charge in [0.2, 0.25) is 0 Å². The van der Waals surface area contributed by atoms with Crippen molar-refractivity contribution in [3.05, 3.63) is 74.9 Å². The monoisotopic (exact) mass is 664 g/mol. The number of rotatable bonds is 7. The minimum Gasteiger partial charge on any atom is -0.463 e. The number of nitriles is 1. The molecule has 1 aromatic heterocycles. The van der Waals surface area contributed by atoms with Crippen LogP contribution in [-0.4, -0.2) is 59.5 Å². The van der Waals surface area contributed by atoms with Gasteiger partial charge in [-0.3, -0.25) is 19.2 Å². The molecular formula is C33H29ClN2O9S. The van der Waals surface area contributed by atoms with Gasteiger partial charge in [-0.05, 0) is 28.8 Å². The van der Waals surface area contributed by atoms with Crippen LogP contribution in [0.1, 0.15) is 50.6 Å². The first-order valence-corrected chi connectivity index (χ1v) is 15.1. The van der Waals surface area contributed by atoms with E-state index in [0.29, 0.717) is 28.3 Å². The van der Waals surface area contributed by atoms with Crippen molar-refractivity contribution >= 4 is 47.7 Å². The Morgan fingerprint density at radius 3 is 2.13 bits per heavy atom. The summed E-state index contributed by atoms with van der Waals surface area (Å²) in [6, 6.07) is 16.9. The smallest absolute Gasteiger partial charge is 0.303 e. The van der Waals surface area contributed by atoms with Crippen molar-refractivity contribution in [2.75, 3.05) is 6.61 Å². The zero-order valence-corrected chi connectivity index (χ0v) is 26.8. The molecule has 1 aliphatic carbocycles. The number of carbonyl (C=O) groups is 4. The van der Waals surface area contributed by atoms with Gasteiger partial charge < -0.3 is 28.3 Å². The molecule has 0 bridgehead atoms. The Bertz CT molecular complexity index is 1830. The molecule has 0 spiro atoms. The number of hydrogen-bond donors (Lipinski definition) is 0. The van der Waals surface area contributed by atoms with Gasteiger partial charge in [0.05, 0.1) is 11.3 Å². The molecule has 1 aliphatic heterocycles. The van der Waals surface area contributed by atoms with E-state index in [1.807, 2.05) is 24.3 Å². The molecule has 0 unspecified atom stereocenters. The Kier molecular flexibility index (Phi) is 9.58. The van der Waals surface area contributed by atoms with Crippen molar-refractivity contribution in [2.45, 2.75) is 64.8 Å². The first kappa shape index (κ1) is 32.8. The molecule has 13 heteroatoms. The maximum Gasteiger partial charge on any atom is 0.303 e. The molecule has 0 radical (unpaired) electrons. The molecule has 0 saturated carbocycles. The van der Waals surface area contributed by atoms with E-state index < -0.39 is 61.1 Å². The lowest BCUT2D eigenvalue weighted by Crippen LogP contribution is -2.60. The van der Waals surface area contributed by atoms with Crippen LogP contribution < -0.4 is 0 Å². The van der Waals surface area contributed by atoms with Crippen LogP contribution in [0.3, 0.4) is 0 Å². The number of hydrogen-bond acceptors (Lipinski definition) is 11. The fourth-order valence-corrected chi connectivity index (χ4v) is 6.47. The number of benzene rings is 2. The molecule has 5 atom stereocenters. The Morgan fingerprint density at radius 2 is 1.52 bits per heavy atom. The summed E-state index contributed by atoms with van der Waals surface area (Å²) in [7, 11) is 0. The normalized spacial score (nSPS) is 21.3. The fourth-order valence-electron chi connectivity index (χ4n) is 6.00. The molecule has 2 aliphatic rings. The summed E-state index contributed by atoms with van der Waals surface area (Å²) in [6.07, 6.45) is -6.29. The van der Waals surface area contributed by atoms with Gasteiger partial charge in [0.25, 0.3) is 0 Å². The standard InChI is InChI=1S/C33H29ClN2O9S/c1-16(37)41-15-26-29(42-17(2)38)30(43-18(3)39)31(44-19(4)40)32(45-26)36-28-23-8-6-5-7-21(23)13-24(28)27(25(14-35)33(36)46)20-9-11-22(34)12-10-20/h5-12,26,29-32H,13,15H2,1-4H3/t26-,29-,30+,31-,32-/m1/s1. The third kappa shape index (κ3) is 6.39. The van der Waals surface area contributed by atoms with E-state index >= 15 is 0 Å². The van der Waals surface area contributed by atoms with Crippen LogP contribution in [0.4, 0.5) is 0 Å². The molecule has 1 fully saturated rings. The van der Waals surface area contributed by atoms with Crippen LogP contribution >= 0.6 is 23.8 Å². The SMILES string of the molecule is CC(=O)OC[C@H]1O[C@@H](n2c3c(c(-c4ccc(Cl)cc4)c(C#N)c2=S)Cc2ccccc2-3)[C@H](OC(C)=O)[C@@H](OC(C)=O)[C@@H]1OC(C)=O. The Morgan fingerprint density at radius 1 is 0.913 bits per heavy atom. The molecule has 2 aromatic carbocycles. The van der Waals surface area contributed by atoms with Crippen molar-refractivity contribution in [3.63, 3.8) is 0 Å². The summed E-state index contributed by atoms with van der Waals surface area (Å²) >= 11 is 12.2. The highest BCUT2D eigenvalue weighted by Crippen LogP contribution is 2.47. The quantitative estimate of drug-likeness (QED) is 0.145. The van der Waals surface area contributed by atoms with Crippen molar-refractivity contribution in [2.24, 2.45) is 0 Å². The zero-order chi connectivity index (χ0) is 33.3. The first-order chi connectivity index (χ1) is 21.9. The molecule has 1 saturated heterocycles. The van der Waals surface area contributed by atoms with E-state index in [4.69, 9.17) is 47.5 Å². The summed E-state index contributed by atoms with van der Waals surface area (Å²) < 4.78 is 30.3. The van der Waals surface area contributed by atoms with E-state index in [2.05, 4.69) is 6.07 Å². The average Bonchev–Trinajstić information content (AvgIpc) is 3.37. The lowest BCUT2D eigenvalue weighted by Gasteiger charge is -2.45. The highest BCUT2D eigenvalue weighted by atomic mass is 35.5. The van der Waals surface area contributed by atoms with E-state index in [1.165, 1.54) is 6.92 Å². The molecular weight excluding hydrogens is 636 g/mol. The first-order valence-electron chi connectivity index (χ1n) is 14.3. The van der Waals surface area contributed by atoms with Crippen LogP contribution in [0.5, 0.6) is 0 Å². The van der Waals surface area contributed by atoms with Gasteiger partial charge in [0.1, 0.15) is 23.4 Å². The van der Waals surface area contributed by atoms with Crippen LogP contribution in [0.25, 0.3) is 22.4 Å². The van der Waals surface area contributed by atoms with Crippen LogP contribution in [0.15, 0.2) is 48.5 Å². The number of nitrogens with zero attached hydrogens (tertiary/aromatic N) is 2. The van der Waals surface area contributed by atoms with Gasteiger partial charge in [-0.15, -0.1) is 0 Å². The van der Waals surface area contributed by atoms with Gasteiger partial charge in [-0.25, -0.2) is 0 Å². The van der Waals surface area contributed by atoms with E-state index in [1.54, 1.807) is 28.8 Å². The predicted molar refractivity (Wildman–Crippen MR) is 166 cm³/mol. The predicted octanol–water partition coefficient (Wildman–Crippen LogP) is 5.24.